The van der Waals surface area contributed by atoms with Crippen LogP contribution in [0.2, 0.25) is 0 Å². The first-order valence-electron chi connectivity index (χ1n) is 18.3. The van der Waals surface area contributed by atoms with E-state index in [0.717, 1.165) is 18.5 Å². The molecule has 0 aliphatic heterocycles. The van der Waals surface area contributed by atoms with Crippen molar-refractivity contribution in [2.75, 3.05) is 0 Å². The highest BCUT2D eigenvalue weighted by Gasteiger charge is 2.51. The Labute approximate surface area is 278 Å². The number of fused-ring (bicyclic) bond motifs is 4. The number of rotatable bonds is 7. The molecule has 1 spiro atoms. The fourth-order valence-electron chi connectivity index (χ4n) is 9.89. The molecule has 0 bridgehead atoms. The first-order chi connectivity index (χ1) is 21.8. The van der Waals surface area contributed by atoms with Crippen molar-refractivity contribution >= 4 is 21.7 Å². The van der Waals surface area contributed by atoms with E-state index in [4.69, 9.17) is 4.98 Å². The van der Waals surface area contributed by atoms with Gasteiger partial charge < -0.3 is 0 Å². The molecule has 1 heterocycles. The molecule has 4 aromatic rings. The zero-order valence-corrected chi connectivity index (χ0v) is 30.5. The number of aromatic nitrogens is 1. The van der Waals surface area contributed by atoms with Crippen LogP contribution in [0.15, 0.2) is 59.7 Å². The third kappa shape index (κ3) is 4.43. The van der Waals surface area contributed by atoms with Crippen molar-refractivity contribution in [2.24, 2.45) is 17.3 Å². The van der Waals surface area contributed by atoms with E-state index in [-0.39, 0.29) is 16.2 Å². The van der Waals surface area contributed by atoms with Gasteiger partial charge in [-0.3, -0.25) is 4.98 Å². The van der Waals surface area contributed by atoms with E-state index in [1.807, 2.05) is 0 Å². The Kier molecular flexibility index (Phi) is 7.28. The number of hydrogen-bond donors (Lipinski definition) is 0. The van der Waals surface area contributed by atoms with Crippen LogP contribution in [-0.4, -0.2) is 4.98 Å². The average Bonchev–Trinajstić information content (AvgIpc) is 3.25. The summed E-state index contributed by atoms with van der Waals surface area (Å²) >= 11 is 0. The van der Waals surface area contributed by atoms with Crippen molar-refractivity contribution in [1.82, 2.24) is 4.98 Å². The minimum atomic E-state index is -0.216. The zero-order chi connectivity index (χ0) is 32.9. The van der Waals surface area contributed by atoms with Crippen molar-refractivity contribution in [3.8, 4) is 11.1 Å². The Morgan fingerprint density at radius 2 is 1.50 bits per heavy atom. The minimum absolute atomic E-state index is 0.122. The molecule has 0 saturated heterocycles. The second-order valence-electron chi connectivity index (χ2n) is 16.8. The number of allylic oxidation sites excluding steroid dienone is 4. The van der Waals surface area contributed by atoms with Crippen LogP contribution in [0.1, 0.15) is 133 Å². The maximum Gasteiger partial charge on any atom is 0.0758 e. The zero-order valence-electron chi connectivity index (χ0n) is 30.5. The molecular formula is C45H55N. The summed E-state index contributed by atoms with van der Waals surface area (Å²) in [6.45, 7) is 26.1. The van der Waals surface area contributed by atoms with E-state index < -0.39 is 0 Å². The van der Waals surface area contributed by atoms with Crippen molar-refractivity contribution < 1.29 is 0 Å². The van der Waals surface area contributed by atoms with Crippen LogP contribution in [0.3, 0.4) is 0 Å². The summed E-state index contributed by atoms with van der Waals surface area (Å²) in [5, 5.41) is 4.23. The van der Waals surface area contributed by atoms with Gasteiger partial charge in [0.15, 0.2) is 0 Å². The summed E-state index contributed by atoms with van der Waals surface area (Å²) in [4.78, 5) is 5.46. The molecule has 1 nitrogen and oxygen atoms in total. The molecule has 1 heteroatoms. The van der Waals surface area contributed by atoms with Crippen molar-refractivity contribution in [2.45, 2.75) is 126 Å². The highest BCUT2D eigenvalue weighted by molar-refractivity contribution is 6.12. The molecule has 1 aromatic heterocycles. The van der Waals surface area contributed by atoms with Gasteiger partial charge in [-0.15, -0.1) is 0 Å². The van der Waals surface area contributed by atoms with Gasteiger partial charge in [-0.2, -0.15) is 0 Å². The van der Waals surface area contributed by atoms with Crippen molar-refractivity contribution in [3.63, 3.8) is 0 Å². The molecule has 3 aliphatic carbocycles. The maximum absolute atomic E-state index is 5.46. The molecule has 0 N–H and O–H groups in total. The second-order valence-corrected chi connectivity index (χ2v) is 16.8. The van der Waals surface area contributed by atoms with Crippen molar-refractivity contribution in [3.05, 3.63) is 98.8 Å². The fourth-order valence-corrected chi connectivity index (χ4v) is 9.89. The van der Waals surface area contributed by atoms with E-state index in [0.29, 0.717) is 11.8 Å². The monoisotopic (exact) mass is 609 g/mol. The van der Waals surface area contributed by atoms with Crippen LogP contribution in [-0.2, 0) is 17.3 Å². The normalized spacial score (nSPS) is 19.6. The fraction of sp³-hybridized carbons (Fsp3) is 0.489. The van der Waals surface area contributed by atoms with Gasteiger partial charge in [0.2, 0.25) is 0 Å². The lowest BCUT2D eigenvalue weighted by Gasteiger charge is -2.38. The first kappa shape index (κ1) is 31.4. The molecule has 240 valence electrons. The van der Waals surface area contributed by atoms with Gasteiger partial charge in [-0.1, -0.05) is 104 Å². The van der Waals surface area contributed by atoms with Crippen LogP contribution in [0.25, 0.3) is 32.8 Å². The summed E-state index contributed by atoms with van der Waals surface area (Å²) in [5.74, 6) is 1.17. The van der Waals surface area contributed by atoms with E-state index in [2.05, 4.69) is 125 Å². The molecule has 1 unspecified atom stereocenters. The maximum atomic E-state index is 5.46. The van der Waals surface area contributed by atoms with E-state index in [1.165, 1.54) is 91.9 Å². The first-order valence-corrected chi connectivity index (χ1v) is 18.3. The van der Waals surface area contributed by atoms with E-state index >= 15 is 0 Å². The lowest BCUT2D eigenvalue weighted by molar-refractivity contribution is 0.411. The minimum Gasteiger partial charge on any atom is -0.253 e. The Balaban J connectivity index is 1.67. The molecule has 3 aliphatic rings. The molecule has 3 aromatic carbocycles. The topological polar surface area (TPSA) is 12.9 Å². The standard InChI is InChI=1S/C45H55N/c1-12-29(13-2)32-21-33(30(14-3)15-4)25-45(24-32)35-17-16-31-19-28(23-43(7,8)9)20-36-38(31)39(35)40-37(44(36,10)11)22-34-26(5)18-27(6)46-42(34)41(40)45/h16-22,24,29-30H,12-15,23,25H2,1-11H3. The third-order valence-electron chi connectivity index (χ3n) is 12.1. The highest BCUT2D eigenvalue weighted by atomic mass is 14.7. The number of benzene rings is 3. The van der Waals surface area contributed by atoms with Gasteiger partial charge in [0.1, 0.15) is 0 Å². The molecule has 0 fully saturated rings. The SMILES string of the molecule is CCC(CC)C1=CC2(CC(C(CC)CC)=C1)c1ccc3cc(CC(C)(C)C)cc4c3c1-c1c(cc3c(C)cc(C)nc3c12)C4(C)C. The van der Waals surface area contributed by atoms with Gasteiger partial charge in [0.25, 0.3) is 0 Å². The van der Waals surface area contributed by atoms with Crippen LogP contribution in [0, 0.1) is 31.1 Å². The quantitative estimate of drug-likeness (QED) is 0.203. The molecule has 7 rings (SSSR count). The lowest BCUT2D eigenvalue weighted by atomic mass is 9.65. The molecule has 0 radical (unpaired) electrons. The van der Waals surface area contributed by atoms with E-state index in [9.17, 15) is 0 Å². The second kappa shape index (κ2) is 10.7. The smallest absolute Gasteiger partial charge is 0.0758 e. The third-order valence-corrected chi connectivity index (χ3v) is 12.1. The average molecular weight is 610 g/mol. The summed E-state index contributed by atoms with van der Waals surface area (Å²) in [6.07, 6.45) is 12.3. The van der Waals surface area contributed by atoms with Gasteiger partial charge in [-0.05, 0) is 137 Å². The number of pyridine rings is 1. The Bertz CT molecular complexity index is 1960. The predicted octanol–water partition coefficient (Wildman–Crippen LogP) is 12.6. The predicted molar refractivity (Wildman–Crippen MR) is 199 cm³/mol. The Morgan fingerprint density at radius 1 is 0.804 bits per heavy atom. The highest BCUT2D eigenvalue weighted by Crippen LogP contribution is 2.64. The summed E-state index contributed by atoms with van der Waals surface area (Å²) in [5.41, 5.74) is 17.3. The number of aryl methyl sites for hydroxylation is 2. The van der Waals surface area contributed by atoms with Crippen molar-refractivity contribution in [1.29, 1.82) is 0 Å². The Hall–Kier alpha value is -3.19. The van der Waals surface area contributed by atoms with Gasteiger partial charge >= 0.3 is 0 Å². The van der Waals surface area contributed by atoms with Gasteiger partial charge in [-0.25, -0.2) is 0 Å². The van der Waals surface area contributed by atoms with Crippen LogP contribution >= 0.6 is 0 Å². The molecule has 1 atom stereocenters. The largest absolute Gasteiger partial charge is 0.253 e. The summed E-state index contributed by atoms with van der Waals surface area (Å²) in [6, 6.07) is 14.9. The molecule has 0 saturated carbocycles. The van der Waals surface area contributed by atoms with Gasteiger partial charge in [0, 0.05) is 27.5 Å². The lowest BCUT2D eigenvalue weighted by Crippen LogP contribution is -2.30. The summed E-state index contributed by atoms with van der Waals surface area (Å²) < 4.78 is 0. The van der Waals surface area contributed by atoms with Crippen LogP contribution < -0.4 is 0 Å². The Morgan fingerprint density at radius 3 is 2.15 bits per heavy atom. The molecular weight excluding hydrogens is 555 g/mol. The van der Waals surface area contributed by atoms with Crippen LogP contribution in [0.5, 0.6) is 0 Å². The van der Waals surface area contributed by atoms with Crippen LogP contribution in [0.4, 0.5) is 0 Å². The number of hydrogen-bond acceptors (Lipinski definition) is 1. The number of nitrogens with zero attached hydrogens (tertiary/aromatic N) is 1. The molecule has 46 heavy (non-hydrogen) atoms. The summed E-state index contributed by atoms with van der Waals surface area (Å²) in [7, 11) is 0. The van der Waals surface area contributed by atoms with E-state index in [1.54, 1.807) is 11.1 Å². The molecule has 0 amide bonds. The van der Waals surface area contributed by atoms with Gasteiger partial charge in [0.05, 0.1) is 5.52 Å².